The van der Waals surface area contributed by atoms with Gasteiger partial charge in [-0.2, -0.15) is 10.2 Å². The van der Waals surface area contributed by atoms with Crippen LogP contribution in [0.25, 0.3) is 0 Å². The van der Waals surface area contributed by atoms with Gasteiger partial charge in [0.2, 0.25) is 5.91 Å². The molecule has 6 nitrogen and oxygen atoms in total. The van der Waals surface area contributed by atoms with Crippen LogP contribution in [0.1, 0.15) is 49.1 Å². The summed E-state index contributed by atoms with van der Waals surface area (Å²) in [6.07, 6.45) is -2.79. The highest BCUT2D eigenvalue weighted by atomic mass is 35.5. The Hall–Kier alpha value is -1.96. The molecule has 1 atom stereocenters. The minimum atomic E-state index is -2.79. The molecule has 1 amide bonds. The fourth-order valence-corrected chi connectivity index (χ4v) is 2.77. The Kier molecular flexibility index (Phi) is 5.27. The number of amides is 1. The van der Waals surface area contributed by atoms with Gasteiger partial charge in [-0.3, -0.25) is 14.2 Å². The number of aromatic nitrogens is 4. The maximum absolute atomic E-state index is 12.9. The molecule has 0 radical (unpaired) electrons. The predicted octanol–water partition coefficient (Wildman–Crippen LogP) is 3.82. The van der Waals surface area contributed by atoms with Gasteiger partial charge < -0.3 is 5.32 Å². The van der Waals surface area contributed by atoms with E-state index in [1.165, 1.54) is 4.68 Å². The molecule has 24 heavy (non-hydrogen) atoms. The summed E-state index contributed by atoms with van der Waals surface area (Å²) in [5, 5.41) is 10.8. The summed E-state index contributed by atoms with van der Waals surface area (Å²) in [4.78, 5) is 12.5. The molecule has 0 saturated heterocycles. The van der Waals surface area contributed by atoms with Crippen molar-refractivity contribution in [3.05, 3.63) is 27.8 Å². The van der Waals surface area contributed by atoms with Crippen LogP contribution in [-0.4, -0.2) is 25.5 Å². The predicted molar refractivity (Wildman–Crippen MR) is 87.6 cm³/mol. The number of aryl methyl sites for hydroxylation is 2. The Morgan fingerprint density at radius 2 is 1.88 bits per heavy atom. The molecule has 0 unspecified atom stereocenters. The number of carbonyl (C=O) groups is 1. The van der Waals surface area contributed by atoms with E-state index in [0.29, 0.717) is 23.6 Å². The van der Waals surface area contributed by atoms with Crippen LogP contribution in [0.3, 0.4) is 0 Å². The van der Waals surface area contributed by atoms with Crippen LogP contribution in [0.5, 0.6) is 0 Å². The molecule has 2 rings (SSSR count). The van der Waals surface area contributed by atoms with E-state index in [1.807, 2.05) is 13.8 Å². The van der Waals surface area contributed by atoms with Gasteiger partial charge in [0.1, 0.15) is 11.7 Å². The zero-order valence-electron chi connectivity index (χ0n) is 14.2. The third kappa shape index (κ3) is 3.15. The molecule has 2 aromatic heterocycles. The molecule has 0 bridgehead atoms. The number of rotatable bonds is 5. The molecule has 0 aliphatic carbocycles. The Balaban J connectivity index is 2.28. The molecule has 2 aromatic rings. The lowest BCUT2D eigenvalue weighted by atomic mass is 10.2. The highest BCUT2D eigenvalue weighted by Crippen LogP contribution is 2.30. The van der Waals surface area contributed by atoms with Gasteiger partial charge >= 0.3 is 0 Å². The molecule has 0 fully saturated rings. The first-order chi connectivity index (χ1) is 11.2. The smallest absolute Gasteiger partial charge is 0.283 e. The Morgan fingerprint density at radius 1 is 1.25 bits per heavy atom. The molecule has 2 heterocycles. The summed E-state index contributed by atoms with van der Waals surface area (Å²) in [6, 6.07) is -0.793. The van der Waals surface area contributed by atoms with E-state index in [4.69, 9.17) is 11.6 Å². The molecular weight excluding hydrogens is 340 g/mol. The number of carbonyl (C=O) groups excluding carboxylic acids is 1. The minimum absolute atomic E-state index is 0.115. The van der Waals surface area contributed by atoms with Crippen LogP contribution in [0.4, 0.5) is 14.5 Å². The third-order valence-electron chi connectivity index (χ3n) is 3.98. The number of hydrogen-bond acceptors (Lipinski definition) is 3. The van der Waals surface area contributed by atoms with Gasteiger partial charge in [-0.1, -0.05) is 11.6 Å². The van der Waals surface area contributed by atoms with Crippen LogP contribution in [0.15, 0.2) is 0 Å². The van der Waals surface area contributed by atoms with Gasteiger partial charge in [-0.15, -0.1) is 0 Å². The molecule has 0 aliphatic heterocycles. The molecule has 0 aromatic carbocycles. The zero-order valence-corrected chi connectivity index (χ0v) is 14.9. The standard InChI is InChI=1S/C15H20ClF2N5O/c1-6-22-9(4)12(7(2)20-22)19-15(24)10(5)23-8(3)11(16)13(21-23)14(17)18/h10,14H,6H2,1-5H3,(H,19,24)/t10-/m1/s1. The van der Waals surface area contributed by atoms with Gasteiger partial charge in [0.05, 0.1) is 27.8 Å². The topological polar surface area (TPSA) is 64.7 Å². The SMILES string of the molecule is CCn1nc(C)c(NC(=O)[C@@H](C)n2nc(C(F)F)c(Cl)c2C)c1C. The van der Waals surface area contributed by atoms with Gasteiger partial charge in [0.25, 0.3) is 6.43 Å². The molecule has 132 valence electrons. The second kappa shape index (κ2) is 6.88. The van der Waals surface area contributed by atoms with Crippen molar-refractivity contribution < 1.29 is 13.6 Å². The maximum Gasteiger partial charge on any atom is 0.283 e. The van der Waals surface area contributed by atoms with Crippen molar-refractivity contribution in [2.45, 2.75) is 53.6 Å². The summed E-state index contributed by atoms with van der Waals surface area (Å²) in [5.74, 6) is -0.375. The minimum Gasteiger partial charge on any atom is -0.321 e. The summed E-state index contributed by atoms with van der Waals surface area (Å²) in [5.41, 5.74) is 1.96. The average Bonchev–Trinajstić information content (AvgIpc) is 2.98. The molecule has 0 saturated carbocycles. The number of anilines is 1. The highest BCUT2D eigenvalue weighted by molar-refractivity contribution is 6.31. The molecule has 0 spiro atoms. The van der Waals surface area contributed by atoms with E-state index in [-0.39, 0.29) is 10.9 Å². The molecule has 0 aliphatic rings. The van der Waals surface area contributed by atoms with Crippen LogP contribution in [-0.2, 0) is 11.3 Å². The maximum atomic E-state index is 12.9. The lowest BCUT2D eigenvalue weighted by Gasteiger charge is -2.15. The number of halogens is 3. The zero-order chi connectivity index (χ0) is 18.2. The van der Waals surface area contributed by atoms with Crippen LogP contribution in [0.2, 0.25) is 5.02 Å². The van der Waals surface area contributed by atoms with Gasteiger partial charge in [-0.05, 0) is 34.6 Å². The number of nitrogens with one attached hydrogen (secondary N) is 1. The Bertz CT molecular complexity index is 768. The van der Waals surface area contributed by atoms with Gasteiger partial charge in [0.15, 0.2) is 0 Å². The van der Waals surface area contributed by atoms with E-state index in [2.05, 4.69) is 15.5 Å². The first-order valence-electron chi connectivity index (χ1n) is 7.56. The largest absolute Gasteiger partial charge is 0.321 e. The molecular formula is C15H20ClF2N5O. The lowest BCUT2D eigenvalue weighted by Crippen LogP contribution is -2.25. The number of nitrogens with zero attached hydrogens (tertiary/aromatic N) is 4. The van der Waals surface area contributed by atoms with Crippen LogP contribution < -0.4 is 5.32 Å². The van der Waals surface area contributed by atoms with E-state index in [0.717, 1.165) is 5.69 Å². The molecule has 1 N–H and O–H groups in total. The van der Waals surface area contributed by atoms with Crippen molar-refractivity contribution in [1.29, 1.82) is 0 Å². The van der Waals surface area contributed by atoms with Gasteiger partial charge in [0, 0.05) is 6.54 Å². The normalized spacial score (nSPS) is 12.7. The summed E-state index contributed by atoms with van der Waals surface area (Å²) in [7, 11) is 0. The van der Waals surface area contributed by atoms with Crippen molar-refractivity contribution in [3.8, 4) is 0 Å². The van der Waals surface area contributed by atoms with Crippen molar-refractivity contribution in [3.63, 3.8) is 0 Å². The molecule has 9 heteroatoms. The first-order valence-corrected chi connectivity index (χ1v) is 7.94. The van der Waals surface area contributed by atoms with Gasteiger partial charge in [-0.25, -0.2) is 8.78 Å². The van der Waals surface area contributed by atoms with E-state index < -0.39 is 18.2 Å². The third-order valence-corrected chi connectivity index (χ3v) is 4.45. The highest BCUT2D eigenvalue weighted by Gasteiger charge is 2.26. The van der Waals surface area contributed by atoms with Crippen molar-refractivity contribution in [1.82, 2.24) is 19.6 Å². The summed E-state index contributed by atoms with van der Waals surface area (Å²) < 4.78 is 28.8. The monoisotopic (exact) mass is 359 g/mol. The summed E-state index contributed by atoms with van der Waals surface area (Å²) in [6.45, 7) is 9.42. The quantitative estimate of drug-likeness (QED) is 0.882. The van der Waals surface area contributed by atoms with Crippen LogP contribution >= 0.6 is 11.6 Å². The fourth-order valence-electron chi connectivity index (χ4n) is 2.56. The Morgan fingerprint density at radius 3 is 2.33 bits per heavy atom. The van der Waals surface area contributed by atoms with Crippen LogP contribution in [0, 0.1) is 20.8 Å². The Labute approximate surface area is 143 Å². The second-order valence-electron chi connectivity index (χ2n) is 5.56. The summed E-state index contributed by atoms with van der Waals surface area (Å²) >= 11 is 5.88. The van der Waals surface area contributed by atoms with Crippen molar-refractivity contribution >= 4 is 23.2 Å². The van der Waals surface area contributed by atoms with E-state index in [1.54, 1.807) is 25.5 Å². The number of alkyl halides is 2. The van der Waals surface area contributed by atoms with Crippen molar-refractivity contribution in [2.75, 3.05) is 5.32 Å². The van der Waals surface area contributed by atoms with E-state index >= 15 is 0 Å². The average molecular weight is 360 g/mol. The fraction of sp³-hybridized carbons (Fsp3) is 0.533. The second-order valence-corrected chi connectivity index (χ2v) is 5.93. The van der Waals surface area contributed by atoms with Crippen molar-refractivity contribution in [2.24, 2.45) is 0 Å². The number of hydrogen-bond donors (Lipinski definition) is 1. The first kappa shape index (κ1) is 18.4. The lowest BCUT2D eigenvalue weighted by molar-refractivity contribution is -0.119. The van der Waals surface area contributed by atoms with E-state index in [9.17, 15) is 13.6 Å².